The number of aromatic nitrogens is 2. The van der Waals surface area contributed by atoms with Crippen LogP contribution in [0.5, 0.6) is 11.6 Å². The molecule has 1 aliphatic rings. The van der Waals surface area contributed by atoms with E-state index < -0.39 is 46.8 Å². The SMILES string of the molecule is CC1CCC(C(=O)N(c2cc(F)c(Oc3ncc(CNc4cccnc4Cl)cc3C(F)(F)F)cc2C(=O)O)C(C)C)CC1. The average Bonchev–Trinajstić information content (AvgIpc) is 2.94. The Morgan fingerprint density at radius 3 is 2.47 bits per heavy atom. The zero-order chi connectivity index (χ0) is 31.5. The minimum absolute atomic E-state index is 0.0903. The summed E-state index contributed by atoms with van der Waals surface area (Å²) in [6.45, 7) is 5.36. The van der Waals surface area contributed by atoms with Gasteiger partial charge in [0.2, 0.25) is 11.8 Å². The molecular formula is C30H31ClF4N4O4. The molecule has 0 radical (unpaired) electrons. The topological polar surface area (TPSA) is 105 Å². The zero-order valence-electron chi connectivity index (χ0n) is 23.7. The van der Waals surface area contributed by atoms with E-state index in [0.29, 0.717) is 24.4 Å². The number of carboxylic acid groups (broad SMARTS) is 1. The maximum atomic E-state index is 15.4. The molecule has 1 saturated carbocycles. The Morgan fingerprint density at radius 1 is 1.16 bits per heavy atom. The minimum Gasteiger partial charge on any atom is -0.478 e. The lowest BCUT2D eigenvalue weighted by Gasteiger charge is -2.34. The van der Waals surface area contributed by atoms with Crippen molar-refractivity contribution in [2.24, 2.45) is 11.8 Å². The number of aromatic carboxylic acids is 1. The van der Waals surface area contributed by atoms with E-state index in [9.17, 15) is 27.9 Å². The van der Waals surface area contributed by atoms with Crippen LogP contribution in [0.1, 0.15) is 67.9 Å². The highest BCUT2D eigenvalue weighted by molar-refractivity contribution is 6.31. The molecule has 0 saturated heterocycles. The van der Waals surface area contributed by atoms with Gasteiger partial charge in [-0.3, -0.25) is 4.79 Å². The number of benzene rings is 1. The van der Waals surface area contributed by atoms with Crippen molar-refractivity contribution in [3.63, 3.8) is 0 Å². The van der Waals surface area contributed by atoms with Crippen molar-refractivity contribution in [3.05, 3.63) is 70.4 Å². The van der Waals surface area contributed by atoms with Gasteiger partial charge in [0.25, 0.3) is 0 Å². The average molecular weight is 623 g/mol. The van der Waals surface area contributed by atoms with Gasteiger partial charge in [-0.25, -0.2) is 19.2 Å². The Bertz CT molecular complexity index is 1490. The molecule has 0 aliphatic heterocycles. The monoisotopic (exact) mass is 622 g/mol. The van der Waals surface area contributed by atoms with Crippen LogP contribution in [-0.2, 0) is 17.5 Å². The van der Waals surface area contributed by atoms with E-state index in [0.717, 1.165) is 37.2 Å². The van der Waals surface area contributed by atoms with E-state index in [1.54, 1.807) is 26.0 Å². The van der Waals surface area contributed by atoms with E-state index in [2.05, 4.69) is 22.2 Å². The highest BCUT2D eigenvalue weighted by Crippen LogP contribution is 2.40. The molecule has 0 atom stereocenters. The number of amides is 1. The van der Waals surface area contributed by atoms with Gasteiger partial charge in [0, 0.05) is 43.0 Å². The number of pyridine rings is 2. The van der Waals surface area contributed by atoms with Crippen LogP contribution >= 0.6 is 11.6 Å². The quantitative estimate of drug-likeness (QED) is 0.184. The Kier molecular flexibility index (Phi) is 9.79. The van der Waals surface area contributed by atoms with Gasteiger partial charge in [0.1, 0.15) is 5.56 Å². The van der Waals surface area contributed by atoms with Crippen LogP contribution < -0.4 is 15.0 Å². The highest BCUT2D eigenvalue weighted by atomic mass is 35.5. The number of anilines is 2. The summed E-state index contributed by atoms with van der Waals surface area (Å²) in [5, 5.41) is 13.0. The van der Waals surface area contributed by atoms with E-state index >= 15 is 4.39 Å². The third kappa shape index (κ3) is 7.54. The fraction of sp³-hybridized carbons (Fsp3) is 0.400. The van der Waals surface area contributed by atoms with Crippen LogP contribution in [0.2, 0.25) is 5.15 Å². The van der Waals surface area contributed by atoms with Crippen molar-refractivity contribution < 1.29 is 37.0 Å². The van der Waals surface area contributed by atoms with Crippen LogP contribution in [0.4, 0.5) is 28.9 Å². The molecule has 3 aromatic rings. The molecular weight excluding hydrogens is 592 g/mol. The molecule has 1 fully saturated rings. The lowest BCUT2D eigenvalue weighted by Crippen LogP contribution is -2.43. The molecule has 4 rings (SSSR count). The minimum atomic E-state index is -4.94. The first-order valence-electron chi connectivity index (χ1n) is 13.7. The number of halogens is 5. The largest absolute Gasteiger partial charge is 0.478 e. The first-order chi connectivity index (χ1) is 20.3. The summed E-state index contributed by atoms with van der Waals surface area (Å²) in [6.07, 6.45) is 0.570. The van der Waals surface area contributed by atoms with Crippen LogP contribution in [0.3, 0.4) is 0 Å². The molecule has 2 aromatic heterocycles. The van der Waals surface area contributed by atoms with Crippen molar-refractivity contribution in [2.75, 3.05) is 10.2 Å². The number of ether oxygens (including phenoxy) is 1. The van der Waals surface area contributed by atoms with Gasteiger partial charge in [0.05, 0.1) is 16.9 Å². The third-order valence-electron chi connectivity index (χ3n) is 7.32. The van der Waals surface area contributed by atoms with Gasteiger partial charge >= 0.3 is 12.1 Å². The number of hydrogen-bond acceptors (Lipinski definition) is 6. The molecule has 1 aromatic carbocycles. The lowest BCUT2D eigenvalue weighted by molar-refractivity contribution is -0.139. The summed E-state index contributed by atoms with van der Waals surface area (Å²) >= 11 is 5.98. The van der Waals surface area contributed by atoms with E-state index in [1.165, 1.54) is 11.1 Å². The van der Waals surface area contributed by atoms with Crippen molar-refractivity contribution in [1.29, 1.82) is 0 Å². The summed E-state index contributed by atoms with van der Waals surface area (Å²) in [4.78, 5) is 34.6. The van der Waals surface area contributed by atoms with Crippen LogP contribution in [0.15, 0.2) is 42.7 Å². The summed E-state index contributed by atoms with van der Waals surface area (Å²) in [5.74, 6) is -4.60. The van der Waals surface area contributed by atoms with Crippen molar-refractivity contribution in [1.82, 2.24) is 9.97 Å². The van der Waals surface area contributed by atoms with E-state index in [1.807, 2.05) is 0 Å². The second-order valence-corrected chi connectivity index (χ2v) is 11.2. The lowest BCUT2D eigenvalue weighted by atomic mass is 9.82. The molecule has 13 heteroatoms. The predicted octanol–water partition coefficient (Wildman–Crippen LogP) is 7.96. The van der Waals surface area contributed by atoms with E-state index in [-0.39, 0.29) is 34.8 Å². The number of nitrogens with one attached hydrogen (secondary N) is 1. The van der Waals surface area contributed by atoms with Gasteiger partial charge in [-0.2, -0.15) is 13.2 Å². The van der Waals surface area contributed by atoms with Gasteiger partial charge < -0.3 is 20.1 Å². The maximum Gasteiger partial charge on any atom is 0.421 e. The second kappa shape index (κ2) is 13.2. The van der Waals surface area contributed by atoms with Gasteiger partial charge in [-0.05, 0) is 69.2 Å². The number of carbonyl (C=O) groups is 2. The van der Waals surface area contributed by atoms with Gasteiger partial charge in [-0.15, -0.1) is 0 Å². The molecule has 2 N–H and O–H groups in total. The molecule has 0 unspecified atom stereocenters. The second-order valence-electron chi connectivity index (χ2n) is 10.9. The standard InChI is InChI=1S/C30H31ClF4N4O4/c1-16(2)39(28(40)19-8-6-17(3)7-9-19)24-13-22(32)25(12-20(24)29(41)42)43-27-21(30(33,34)35)11-18(15-38-27)14-37-23-5-4-10-36-26(23)31/h4-5,10-13,15-17,19,37H,6-9,14H2,1-3H3,(H,41,42). The van der Waals surface area contributed by atoms with E-state index in [4.69, 9.17) is 16.3 Å². The van der Waals surface area contributed by atoms with Crippen LogP contribution in [0.25, 0.3) is 0 Å². The number of nitrogens with zero attached hydrogens (tertiary/aromatic N) is 3. The van der Waals surface area contributed by atoms with Crippen molar-refractivity contribution in [2.45, 2.75) is 65.2 Å². The normalized spacial score (nSPS) is 17.0. The predicted molar refractivity (Wildman–Crippen MR) is 153 cm³/mol. The number of hydrogen-bond donors (Lipinski definition) is 2. The van der Waals surface area contributed by atoms with Crippen molar-refractivity contribution in [3.8, 4) is 11.6 Å². The summed E-state index contributed by atoms with van der Waals surface area (Å²) in [7, 11) is 0. The number of carbonyl (C=O) groups excluding carboxylic acids is 1. The maximum absolute atomic E-state index is 15.4. The number of alkyl halides is 3. The molecule has 0 bridgehead atoms. The molecule has 1 amide bonds. The molecule has 8 nitrogen and oxygen atoms in total. The van der Waals surface area contributed by atoms with Crippen LogP contribution in [-0.4, -0.2) is 33.0 Å². The molecule has 1 aliphatic carbocycles. The van der Waals surface area contributed by atoms with Crippen LogP contribution in [0, 0.1) is 17.7 Å². The van der Waals surface area contributed by atoms with Gasteiger partial charge in [-0.1, -0.05) is 18.5 Å². The Balaban J connectivity index is 1.66. The zero-order valence-corrected chi connectivity index (χ0v) is 24.5. The summed E-state index contributed by atoms with van der Waals surface area (Å²) in [6, 6.07) is 5.06. The van der Waals surface area contributed by atoms with Crippen molar-refractivity contribution >= 4 is 34.9 Å². The number of rotatable bonds is 9. The Morgan fingerprint density at radius 2 is 1.86 bits per heavy atom. The summed E-state index contributed by atoms with van der Waals surface area (Å²) in [5.41, 5.74) is -1.48. The Labute approximate surface area is 251 Å². The third-order valence-corrected chi connectivity index (χ3v) is 7.62. The molecule has 230 valence electrons. The number of carboxylic acids is 1. The molecule has 0 spiro atoms. The molecule has 2 heterocycles. The first-order valence-corrected chi connectivity index (χ1v) is 14.1. The smallest absolute Gasteiger partial charge is 0.421 e. The Hall–Kier alpha value is -3.93. The fourth-order valence-corrected chi connectivity index (χ4v) is 5.23. The molecule has 43 heavy (non-hydrogen) atoms. The summed E-state index contributed by atoms with van der Waals surface area (Å²) < 4.78 is 62.7. The fourth-order valence-electron chi connectivity index (χ4n) is 5.04. The first kappa shape index (κ1) is 32.0. The van der Waals surface area contributed by atoms with Gasteiger partial charge in [0.15, 0.2) is 16.7 Å². The highest BCUT2D eigenvalue weighted by Gasteiger charge is 2.37.